The van der Waals surface area contributed by atoms with Crippen molar-refractivity contribution < 1.29 is 23.5 Å². The summed E-state index contributed by atoms with van der Waals surface area (Å²) >= 11 is 4.92. The van der Waals surface area contributed by atoms with Crippen LogP contribution in [0.1, 0.15) is 10.5 Å². The summed E-state index contributed by atoms with van der Waals surface area (Å²) in [5.41, 5.74) is 1.51. The van der Waals surface area contributed by atoms with E-state index in [9.17, 15) is 14.0 Å². The second-order valence-corrected chi connectivity index (χ2v) is 8.28. The van der Waals surface area contributed by atoms with Crippen molar-refractivity contribution in [1.82, 2.24) is 14.8 Å². The number of methoxy groups -OCH3 is 1. The summed E-state index contributed by atoms with van der Waals surface area (Å²) in [5.74, 6) is -0.453. The molecule has 0 saturated carbocycles. The summed E-state index contributed by atoms with van der Waals surface area (Å²) < 4.78 is 27.0. The summed E-state index contributed by atoms with van der Waals surface area (Å²) in [5, 5.41) is 3.06. The first-order chi connectivity index (χ1) is 15.9. The van der Waals surface area contributed by atoms with Crippen molar-refractivity contribution in [2.75, 3.05) is 56.2 Å². The van der Waals surface area contributed by atoms with Gasteiger partial charge in [-0.3, -0.25) is 9.69 Å². The molecular formula is C22H26FN5O4S. The maximum absolute atomic E-state index is 15.0. The molecule has 1 aromatic carbocycles. The number of amides is 2. The highest BCUT2D eigenvalue weighted by molar-refractivity contribution is 7.80. The van der Waals surface area contributed by atoms with E-state index < -0.39 is 18.0 Å². The van der Waals surface area contributed by atoms with Crippen LogP contribution >= 0.6 is 12.2 Å². The number of rotatable bonds is 5. The molecule has 3 heterocycles. The lowest BCUT2D eigenvalue weighted by Crippen LogP contribution is -2.49. The Balaban J connectivity index is 1.36. The second kappa shape index (κ2) is 9.65. The standard InChI is InChI=1S/C22H26FN5O4S/c1-25-7-3-4-19(25)20(29)27-10-8-26(9-11-27)18-6-5-15(12-17(18)23)28-14-16(32-22(28)30)13-24-21(33)31-2/h3-7,12,16H,8-11,13-14H2,1-2H3,(H,24,33)/t16-/m0/s1. The molecule has 2 fully saturated rings. The first-order valence-electron chi connectivity index (χ1n) is 10.6. The molecule has 0 spiro atoms. The van der Waals surface area contributed by atoms with Gasteiger partial charge in [0.25, 0.3) is 11.1 Å². The third-order valence-corrected chi connectivity index (χ3v) is 6.16. The van der Waals surface area contributed by atoms with E-state index in [4.69, 9.17) is 21.7 Å². The molecule has 2 saturated heterocycles. The highest BCUT2D eigenvalue weighted by atomic mass is 32.1. The van der Waals surface area contributed by atoms with Gasteiger partial charge in [0.1, 0.15) is 17.6 Å². The molecular weight excluding hydrogens is 449 g/mol. The second-order valence-electron chi connectivity index (χ2n) is 7.91. The number of nitrogens with one attached hydrogen (secondary N) is 1. The summed E-state index contributed by atoms with van der Waals surface area (Å²) in [6.45, 7) is 2.62. The van der Waals surface area contributed by atoms with E-state index in [1.807, 2.05) is 24.2 Å². The van der Waals surface area contributed by atoms with Crippen molar-refractivity contribution in [2.45, 2.75) is 6.10 Å². The molecule has 2 amide bonds. The maximum Gasteiger partial charge on any atom is 0.414 e. The average Bonchev–Trinajstić information content (AvgIpc) is 3.42. The van der Waals surface area contributed by atoms with Crippen molar-refractivity contribution in [3.8, 4) is 0 Å². The number of halogens is 1. The SMILES string of the molecule is COC(=S)NC[C@H]1CN(c2ccc(N3CCN(C(=O)c4cccn4C)CC3)c(F)c2)C(=O)O1. The fourth-order valence-corrected chi connectivity index (χ4v) is 4.11. The molecule has 176 valence electrons. The first-order valence-corrected chi connectivity index (χ1v) is 11.0. The van der Waals surface area contributed by atoms with Crippen LogP contribution in [0.3, 0.4) is 0 Å². The van der Waals surface area contributed by atoms with Crippen LogP contribution in [0.5, 0.6) is 0 Å². The van der Waals surface area contributed by atoms with Gasteiger partial charge in [0, 0.05) is 39.4 Å². The summed E-state index contributed by atoms with van der Waals surface area (Å²) in [4.78, 5) is 30.0. The number of thiocarbonyl (C=S) groups is 1. The molecule has 4 rings (SSSR count). The molecule has 0 bridgehead atoms. The Morgan fingerprint density at radius 2 is 2.03 bits per heavy atom. The quantitative estimate of drug-likeness (QED) is 0.663. The number of aryl methyl sites for hydroxylation is 1. The van der Waals surface area contributed by atoms with Crippen LogP contribution in [0.15, 0.2) is 36.5 Å². The number of anilines is 2. The number of carbonyl (C=O) groups is 2. The number of hydrogen-bond donors (Lipinski definition) is 1. The zero-order chi connectivity index (χ0) is 23.5. The molecule has 0 unspecified atom stereocenters. The smallest absolute Gasteiger partial charge is 0.414 e. The number of cyclic esters (lactones) is 1. The Bertz CT molecular complexity index is 1050. The van der Waals surface area contributed by atoms with Gasteiger partial charge in [-0.05, 0) is 42.5 Å². The van der Waals surface area contributed by atoms with E-state index in [0.29, 0.717) is 49.8 Å². The Labute approximate surface area is 196 Å². The number of piperazine rings is 1. The van der Waals surface area contributed by atoms with Crippen molar-refractivity contribution in [1.29, 1.82) is 0 Å². The minimum atomic E-state index is -0.537. The third-order valence-electron chi connectivity index (χ3n) is 5.85. The highest BCUT2D eigenvalue weighted by Crippen LogP contribution is 2.28. The van der Waals surface area contributed by atoms with E-state index in [1.165, 1.54) is 18.1 Å². The predicted molar refractivity (Wildman–Crippen MR) is 125 cm³/mol. The molecule has 11 heteroatoms. The molecule has 1 N–H and O–H groups in total. The van der Waals surface area contributed by atoms with Crippen molar-refractivity contribution in [2.24, 2.45) is 7.05 Å². The Morgan fingerprint density at radius 1 is 1.27 bits per heavy atom. The van der Waals surface area contributed by atoms with Crippen LogP contribution in [-0.4, -0.2) is 79.1 Å². The maximum atomic E-state index is 15.0. The van der Waals surface area contributed by atoms with Gasteiger partial charge < -0.3 is 29.2 Å². The zero-order valence-corrected chi connectivity index (χ0v) is 19.3. The Morgan fingerprint density at radius 3 is 2.67 bits per heavy atom. The number of aromatic nitrogens is 1. The summed E-state index contributed by atoms with van der Waals surface area (Å²) in [6.07, 6.45) is 0.872. The van der Waals surface area contributed by atoms with Crippen LogP contribution in [-0.2, 0) is 16.5 Å². The van der Waals surface area contributed by atoms with Crippen LogP contribution in [0.25, 0.3) is 0 Å². The molecule has 33 heavy (non-hydrogen) atoms. The molecule has 0 radical (unpaired) electrons. The van der Waals surface area contributed by atoms with Crippen LogP contribution < -0.4 is 15.1 Å². The summed E-state index contributed by atoms with van der Waals surface area (Å²) in [7, 11) is 3.29. The molecule has 1 aromatic heterocycles. The number of nitrogens with zero attached hydrogens (tertiary/aromatic N) is 4. The first kappa shape index (κ1) is 22.8. The lowest BCUT2D eigenvalue weighted by atomic mass is 10.2. The fraction of sp³-hybridized carbons (Fsp3) is 0.409. The van der Waals surface area contributed by atoms with Gasteiger partial charge in [0.2, 0.25) is 0 Å². The van der Waals surface area contributed by atoms with E-state index in [-0.39, 0.29) is 17.6 Å². The fourth-order valence-electron chi connectivity index (χ4n) is 4.02. The van der Waals surface area contributed by atoms with Gasteiger partial charge in [-0.15, -0.1) is 0 Å². The average molecular weight is 476 g/mol. The largest absolute Gasteiger partial charge is 0.474 e. The monoisotopic (exact) mass is 475 g/mol. The minimum absolute atomic E-state index is 0.0270. The van der Waals surface area contributed by atoms with E-state index in [0.717, 1.165) is 0 Å². The summed E-state index contributed by atoms with van der Waals surface area (Å²) in [6, 6.07) is 8.34. The van der Waals surface area contributed by atoms with Gasteiger partial charge in [-0.1, -0.05) is 0 Å². The molecule has 2 aromatic rings. The van der Waals surface area contributed by atoms with Gasteiger partial charge in [-0.25, -0.2) is 9.18 Å². The Hall–Kier alpha value is -3.34. The van der Waals surface area contributed by atoms with E-state index in [2.05, 4.69) is 5.32 Å². The normalized spacial score (nSPS) is 18.3. The lowest BCUT2D eigenvalue weighted by molar-refractivity contribution is 0.0737. The van der Waals surface area contributed by atoms with Crippen molar-refractivity contribution >= 4 is 40.8 Å². The van der Waals surface area contributed by atoms with Gasteiger partial charge in [0.05, 0.1) is 31.6 Å². The van der Waals surface area contributed by atoms with Crippen LogP contribution in [0.2, 0.25) is 0 Å². The van der Waals surface area contributed by atoms with Gasteiger partial charge in [0.15, 0.2) is 0 Å². The van der Waals surface area contributed by atoms with Gasteiger partial charge >= 0.3 is 6.09 Å². The number of ether oxygens (including phenoxy) is 2. The predicted octanol–water partition coefficient (Wildman–Crippen LogP) is 1.97. The van der Waals surface area contributed by atoms with Gasteiger partial charge in [-0.2, -0.15) is 0 Å². The molecule has 0 aliphatic carbocycles. The van der Waals surface area contributed by atoms with Crippen LogP contribution in [0.4, 0.5) is 20.6 Å². The number of benzene rings is 1. The molecule has 2 aliphatic rings. The van der Waals surface area contributed by atoms with Crippen molar-refractivity contribution in [3.05, 3.63) is 48.0 Å². The Kier molecular flexibility index (Phi) is 6.68. The van der Waals surface area contributed by atoms with E-state index in [1.54, 1.807) is 27.7 Å². The number of carbonyl (C=O) groups excluding carboxylic acids is 2. The molecule has 9 nitrogen and oxygen atoms in total. The minimum Gasteiger partial charge on any atom is -0.474 e. The van der Waals surface area contributed by atoms with Crippen LogP contribution in [0, 0.1) is 5.82 Å². The lowest BCUT2D eigenvalue weighted by Gasteiger charge is -2.36. The third kappa shape index (κ3) is 4.87. The molecule has 2 aliphatic heterocycles. The highest BCUT2D eigenvalue weighted by Gasteiger charge is 2.33. The van der Waals surface area contributed by atoms with E-state index >= 15 is 0 Å². The topological polar surface area (TPSA) is 79.3 Å². The zero-order valence-electron chi connectivity index (χ0n) is 18.5. The van der Waals surface area contributed by atoms with Crippen molar-refractivity contribution in [3.63, 3.8) is 0 Å². The molecule has 1 atom stereocenters. The number of hydrogen-bond acceptors (Lipinski definition) is 6.